The van der Waals surface area contributed by atoms with E-state index >= 15 is 0 Å². The Hall–Kier alpha value is -0.900. The summed E-state index contributed by atoms with van der Waals surface area (Å²) in [5, 5.41) is 8.57. The minimum absolute atomic E-state index is 0.112. The fourth-order valence-electron chi connectivity index (χ4n) is 1.85. The molecule has 0 aliphatic heterocycles. The van der Waals surface area contributed by atoms with Crippen LogP contribution in [0.15, 0.2) is 30.3 Å². The summed E-state index contributed by atoms with van der Waals surface area (Å²) >= 11 is 0. The molecule has 0 heterocycles. The second kappa shape index (κ2) is 10.1. The second-order valence-electron chi connectivity index (χ2n) is 4.58. The molecule has 0 aliphatic carbocycles. The van der Waals surface area contributed by atoms with Crippen molar-refractivity contribution in [2.75, 3.05) is 40.0 Å². The van der Waals surface area contributed by atoms with Gasteiger partial charge in [0, 0.05) is 6.54 Å². The lowest BCUT2D eigenvalue weighted by molar-refractivity contribution is 0.0782. The first-order valence-electron chi connectivity index (χ1n) is 6.74. The highest BCUT2D eigenvalue weighted by Gasteiger charge is 1.98. The van der Waals surface area contributed by atoms with Gasteiger partial charge in [-0.2, -0.15) is 0 Å². The first-order chi connectivity index (χ1) is 8.83. The molecule has 0 aliphatic rings. The lowest BCUT2D eigenvalue weighted by Crippen LogP contribution is -2.24. The van der Waals surface area contributed by atoms with Gasteiger partial charge in [-0.3, -0.25) is 0 Å². The summed E-state index contributed by atoms with van der Waals surface area (Å²) in [6, 6.07) is 10.6. The number of benzene rings is 1. The van der Waals surface area contributed by atoms with Gasteiger partial charge in [0.25, 0.3) is 0 Å². The summed E-state index contributed by atoms with van der Waals surface area (Å²) in [5.41, 5.74) is 1.42. The van der Waals surface area contributed by atoms with Crippen molar-refractivity contribution in [1.29, 1.82) is 0 Å². The normalized spacial score (nSPS) is 11.1. The molecular formula is C15H25NO2. The van der Waals surface area contributed by atoms with E-state index in [1.807, 2.05) is 0 Å². The number of aliphatic hydroxyl groups is 1. The first-order valence-corrected chi connectivity index (χ1v) is 6.74. The number of likely N-dealkylation sites (N-methyl/N-ethyl adjacent to an activating group) is 1. The van der Waals surface area contributed by atoms with Crippen LogP contribution in [0.5, 0.6) is 0 Å². The quantitative estimate of drug-likeness (QED) is 0.645. The number of hydrogen-bond donors (Lipinski definition) is 1. The lowest BCUT2D eigenvalue weighted by Gasteiger charge is -2.16. The number of ether oxygens (including phenoxy) is 1. The maximum absolute atomic E-state index is 8.57. The second-order valence-corrected chi connectivity index (χ2v) is 4.58. The van der Waals surface area contributed by atoms with Crippen molar-refractivity contribution < 1.29 is 9.84 Å². The Bertz CT molecular complexity index is 290. The molecule has 0 fully saturated rings. The van der Waals surface area contributed by atoms with E-state index in [0.717, 1.165) is 19.5 Å². The minimum Gasteiger partial charge on any atom is -0.394 e. The Morgan fingerprint density at radius 2 is 1.83 bits per heavy atom. The van der Waals surface area contributed by atoms with E-state index in [1.165, 1.54) is 18.4 Å². The Kier molecular flexibility index (Phi) is 8.47. The van der Waals surface area contributed by atoms with Crippen molar-refractivity contribution in [2.45, 2.75) is 19.3 Å². The Balaban J connectivity index is 1.97. The van der Waals surface area contributed by atoms with Crippen LogP contribution in [-0.2, 0) is 11.2 Å². The van der Waals surface area contributed by atoms with Crippen molar-refractivity contribution >= 4 is 0 Å². The van der Waals surface area contributed by atoms with Gasteiger partial charge < -0.3 is 14.7 Å². The van der Waals surface area contributed by atoms with Gasteiger partial charge in [-0.1, -0.05) is 30.3 Å². The van der Waals surface area contributed by atoms with Gasteiger partial charge in [0.15, 0.2) is 0 Å². The SMILES string of the molecule is CN(CCCCc1ccccc1)CCOCCO. The van der Waals surface area contributed by atoms with Crippen molar-refractivity contribution in [3.8, 4) is 0 Å². The molecule has 0 amide bonds. The van der Waals surface area contributed by atoms with Gasteiger partial charge in [-0.25, -0.2) is 0 Å². The van der Waals surface area contributed by atoms with E-state index in [2.05, 4.69) is 42.3 Å². The first kappa shape index (κ1) is 15.2. The topological polar surface area (TPSA) is 32.7 Å². The van der Waals surface area contributed by atoms with Crippen LogP contribution in [0.2, 0.25) is 0 Å². The van der Waals surface area contributed by atoms with E-state index in [-0.39, 0.29) is 6.61 Å². The molecule has 1 rings (SSSR count). The largest absolute Gasteiger partial charge is 0.394 e. The summed E-state index contributed by atoms with van der Waals surface area (Å²) in [5.74, 6) is 0. The minimum atomic E-state index is 0.112. The number of nitrogens with zero attached hydrogens (tertiary/aromatic N) is 1. The van der Waals surface area contributed by atoms with Crippen LogP contribution < -0.4 is 0 Å². The monoisotopic (exact) mass is 251 g/mol. The predicted molar refractivity (Wildman–Crippen MR) is 74.8 cm³/mol. The highest BCUT2D eigenvalue weighted by atomic mass is 16.5. The van der Waals surface area contributed by atoms with Gasteiger partial charge in [-0.05, 0) is 38.4 Å². The number of unbranched alkanes of at least 4 members (excludes halogenated alkanes) is 1. The molecule has 0 saturated heterocycles. The Morgan fingerprint density at radius 3 is 2.56 bits per heavy atom. The summed E-state index contributed by atoms with van der Waals surface area (Å²) in [6.07, 6.45) is 3.60. The summed E-state index contributed by atoms with van der Waals surface area (Å²) in [6.45, 7) is 3.30. The average molecular weight is 251 g/mol. The predicted octanol–water partition coefficient (Wildman–Crippen LogP) is 1.95. The third kappa shape index (κ3) is 7.43. The van der Waals surface area contributed by atoms with Crippen LogP contribution >= 0.6 is 0 Å². The molecule has 1 aromatic carbocycles. The van der Waals surface area contributed by atoms with Crippen molar-refractivity contribution in [1.82, 2.24) is 4.90 Å². The zero-order chi connectivity index (χ0) is 13.1. The van der Waals surface area contributed by atoms with Gasteiger partial charge in [0.05, 0.1) is 19.8 Å². The van der Waals surface area contributed by atoms with Crippen molar-refractivity contribution in [2.24, 2.45) is 0 Å². The molecular weight excluding hydrogens is 226 g/mol. The maximum atomic E-state index is 8.57. The molecule has 0 spiro atoms. The fourth-order valence-corrected chi connectivity index (χ4v) is 1.85. The number of hydrogen-bond acceptors (Lipinski definition) is 3. The third-order valence-electron chi connectivity index (χ3n) is 2.95. The molecule has 0 unspecified atom stereocenters. The van der Waals surface area contributed by atoms with Gasteiger partial charge in [0.2, 0.25) is 0 Å². The smallest absolute Gasteiger partial charge is 0.0698 e. The Morgan fingerprint density at radius 1 is 1.06 bits per heavy atom. The molecule has 3 heteroatoms. The van der Waals surface area contributed by atoms with E-state index < -0.39 is 0 Å². The van der Waals surface area contributed by atoms with Gasteiger partial charge in [-0.15, -0.1) is 0 Å². The molecule has 0 radical (unpaired) electrons. The summed E-state index contributed by atoms with van der Waals surface area (Å²) < 4.78 is 5.24. The molecule has 0 saturated carbocycles. The van der Waals surface area contributed by atoms with Gasteiger partial charge in [0.1, 0.15) is 0 Å². The van der Waals surface area contributed by atoms with Gasteiger partial charge >= 0.3 is 0 Å². The average Bonchev–Trinajstić information content (AvgIpc) is 2.41. The van der Waals surface area contributed by atoms with Crippen LogP contribution in [-0.4, -0.2) is 50.0 Å². The van der Waals surface area contributed by atoms with E-state index in [4.69, 9.17) is 9.84 Å². The number of aliphatic hydroxyl groups excluding tert-OH is 1. The summed E-state index contributed by atoms with van der Waals surface area (Å²) in [7, 11) is 2.12. The molecule has 18 heavy (non-hydrogen) atoms. The molecule has 0 bridgehead atoms. The highest BCUT2D eigenvalue weighted by molar-refractivity contribution is 5.14. The van der Waals surface area contributed by atoms with Crippen LogP contribution in [0.1, 0.15) is 18.4 Å². The highest BCUT2D eigenvalue weighted by Crippen LogP contribution is 2.04. The molecule has 102 valence electrons. The third-order valence-corrected chi connectivity index (χ3v) is 2.95. The summed E-state index contributed by atoms with van der Waals surface area (Å²) in [4.78, 5) is 2.28. The molecule has 0 atom stereocenters. The number of aryl methyl sites for hydroxylation is 1. The van der Waals surface area contributed by atoms with Crippen LogP contribution in [0.25, 0.3) is 0 Å². The van der Waals surface area contributed by atoms with Crippen molar-refractivity contribution in [3.63, 3.8) is 0 Å². The standard InChI is InChI=1S/C15H25NO2/c1-16(11-13-18-14-12-17)10-6-5-9-15-7-3-2-4-8-15/h2-4,7-8,17H,5-6,9-14H2,1H3. The fraction of sp³-hybridized carbons (Fsp3) is 0.600. The Labute approximate surface area is 110 Å². The van der Waals surface area contributed by atoms with E-state index in [9.17, 15) is 0 Å². The lowest BCUT2D eigenvalue weighted by atomic mass is 10.1. The van der Waals surface area contributed by atoms with E-state index in [1.54, 1.807) is 0 Å². The number of rotatable bonds is 10. The van der Waals surface area contributed by atoms with Crippen LogP contribution in [0.4, 0.5) is 0 Å². The maximum Gasteiger partial charge on any atom is 0.0698 e. The molecule has 0 aromatic heterocycles. The van der Waals surface area contributed by atoms with Crippen LogP contribution in [0.3, 0.4) is 0 Å². The van der Waals surface area contributed by atoms with Crippen LogP contribution in [0, 0.1) is 0 Å². The molecule has 3 nitrogen and oxygen atoms in total. The molecule has 1 aromatic rings. The zero-order valence-electron chi connectivity index (χ0n) is 11.3. The molecule has 1 N–H and O–H groups in total. The van der Waals surface area contributed by atoms with E-state index in [0.29, 0.717) is 13.2 Å². The zero-order valence-corrected chi connectivity index (χ0v) is 11.3. The van der Waals surface area contributed by atoms with Crippen molar-refractivity contribution in [3.05, 3.63) is 35.9 Å².